The molecule has 0 aromatic heterocycles. The molecule has 5 aromatic rings. The molecule has 0 unspecified atom stereocenters. The van der Waals surface area contributed by atoms with Crippen LogP contribution in [0.4, 0.5) is 0 Å². The van der Waals surface area contributed by atoms with Gasteiger partial charge in [0.15, 0.2) is 0 Å². The molecule has 380 valence electrons. The summed E-state index contributed by atoms with van der Waals surface area (Å²) in [5.74, 6) is -0.0847. The summed E-state index contributed by atoms with van der Waals surface area (Å²) in [6.45, 7) is 9.95. The summed E-state index contributed by atoms with van der Waals surface area (Å²) in [7, 11) is 0. The first-order valence-electron chi connectivity index (χ1n) is 25.9. The summed E-state index contributed by atoms with van der Waals surface area (Å²) in [6, 6.07) is 43.9. The number of carbonyl (C=O) groups is 4. The molecule has 2 bridgehead atoms. The van der Waals surface area contributed by atoms with Gasteiger partial charge in [0, 0.05) is 60.3 Å². The maximum Gasteiger partial charge on any atom is 0.303 e. The molecular formula is C61H73N3O8. The van der Waals surface area contributed by atoms with Crippen molar-refractivity contribution >= 4 is 23.8 Å². The minimum Gasteiger partial charge on any atom is -0.493 e. The highest BCUT2D eigenvalue weighted by molar-refractivity contribution is 5.95. The number of hydrogen-bond acceptors (Lipinski definition) is 7. The zero-order valence-corrected chi connectivity index (χ0v) is 42.7. The van der Waals surface area contributed by atoms with Crippen LogP contribution in [-0.4, -0.2) is 69.1 Å². The number of rotatable bonds is 24. The Labute approximate surface area is 426 Å². The van der Waals surface area contributed by atoms with Crippen LogP contribution in [0.2, 0.25) is 0 Å². The summed E-state index contributed by atoms with van der Waals surface area (Å²) in [4.78, 5) is 51.8. The van der Waals surface area contributed by atoms with Gasteiger partial charge >= 0.3 is 11.9 Å². The van der Waals surface area contributed by atoms with Crippen molar-refractivity contribution in [1.82, 2.24) is 9.80 Å². The van der Waals surface area contributed by atoms with Crippen LogP contribution in [0.5, 0.6) is 11.5 Å². The molecule has 0 atom stereocenters. The molecular weight excluding hydrogens is 903 g/mol. The summed E-state index contributed by atoms with van der Waals surface area (Å²) < 4.78 is 12.0. The van der Waals surface area contributed by atoms with Gasteiger partial charge in [-0.1, -0.05) is 78.9 Å². The minimum absolute atomic E-state index is 0.0165. The Bertz CT molecular complexity index is 2560. The first-order chi connectivity index (χ1) is 34.7. The number of nitriles is 1. The average Bonchev–Trinajstić information content (AvgIpc) is 3.40. The molecule has 11 nitrogen and oxygen atoms in total. The van der Waals surface area contributed by atoms with Crippen LogP contribution in [0, 0.1) is 11.3 Å². The van der Waals surface area contributed by atoms with Crippen LogP contribution in [0.25, 0.3) is 0 Å². The third-order valence-corrected chi connectivity index (χ3v) is 14.6. The molecule has 8 rings (SSSR count). The number of nitrogens with zero attached hydrogens (tertiary/aromatic N) is 3. The maximum absolute atomic E-state index is 13.8. The standard InChI is InChI=1S/C37H45NO4.C24H28N2O4/c1-28(2)38(27-30-11-8-9-14-33(30)42-26-10-4-7-15-34(39)40)35(41)29-16-18-32(19-17-29)37-23-20-36(21-24-37,22-25-37)31-12-5-3-6-13-31;1-18(2)26(24(29)20-13-11-19(16-25)12-14-20)17-21-8-5-6-9-22(21)30-15-7-3-4-10-23(27)28/h3,5-6,8-9,11-14,16-19,28H,4,7,10,15,20-27H2,1-2H3,(H,39,40);5-6,8-9,11-14,18H,3-4,7,10,15,17H2,1-2H3,(H,27,28). The van der Waals surface area contributed by atoms with Gasteiger partial charge in [-0.05, 0) is 175 Å². The van der Waals surface area contributed by atoms with Crippen LogP contribution in [-0.2, 0) is 33.5 Å². The molecule has 0 spiro atoms. The zero-order valence-electron chi connectivity index (χ0n) is 42.7. The SMILES string of the molecule is CC(C)N(Cc1ccccc1OCCCCCC(=O)O)C(=O)c1ccc(C#N)cc1.CC(C)N(Cc1ccccc1OCCCCCC(=O)O)C(=O)c1ccc(C23CCC(c4ccccc4)(CC2)CC3)cc1. The number of fused-ring (bicyclic) bond motifs is 3. The van der Waals surface area contributed by atoms with Gasteiger partial charge in [0.2, 0.25) is 0 Å². The molecule has 3 aliphatic rings. The topological polar surface area (TPSA) is 157 Å². The highest BCUT2D eigenvalue weighted by Crippen LogP contribution is 2.58. The fourth-order valence-corrected chi connectivity index (χ4v) is 10.2. The first kappa shape index (κ1) is 54.4. The molecule has 72 heavy (non-hydrogen) atoms. The summed E-state index contributed by atoms with van der Waals surface area (Å²) in [6.07, 6.45) is 12.2. The molecule has 11 heteroatoms. The van der Waals surface area contributed by atoms with Crippen LogP contribution >= 0.6 is 0 Å². The third kappa shape index (κ3) is 14.8. The van der Waals surface area contributed by atoms with Crippen molar-refractivity contribution in [3.63, 3.8) is 0 Å². The second kappa shape index (κ2) is 26.5. The number of carbonyl (C=O) groups excluding carboxylic acids is 2. The lowest BCUT2D eigenvalue weighted by molar-refractivity contribution is -0.138. The highest BCUT2D eigenvalue weighted by atomic mass is 16.5. The molecule has 3 aliphatic carbocycles. The van der Waals surface area contributed by atoms with Crippen LogP contribution < -0.4 is 9.47 Å². The number of carboxylic acids is 2. The lowest BCUT2D eigenvalue weighted by Crippen LogP contribution is -2.46. The Morgan fingerprint density at radius 3 is 1.28 bits per heavy atom. The van der Waals surface area contributed by atoms with E-state index in [1.807, 2.05) is 79.4 Å². The van der Waals surface area contributed by atoms with Gasteiger partial charge in [0.1, 0.15) is 11.5 Å². The molecule has 5 aromatic carbocycles. The van der Waals surface area contributed by atoms with Crippen LogP contribution in [0.15, 0.2) is 127 Å². The molecule has 3 saturated carbocycles. The number of hydrogen-bond donors (Lipinski definition) is 2. The van der Waals surface area contributed by atoms with Gasteiger partial charge in [-0.25, -0.2) is 0 Å². The number of benzene rings is 5. The van der Waals surface area contributed by atoms with Crippen molar-refractivity contribution in [3.05, 3.63) is 166 Å². The van der Waals surface area contributed by atoms with Gasteiger partial charge in [-0.15, -0.1) is 0 Å². The smallest absolute Gasteiger partial charge is 0.303 e. The fraction of sp³-hybridized carbons (Fsp3) is 0.426. The molecule has 0 aliphatic heterocycles. The summed E-state index contributed by atoms with van der Waals surface area (Å²) >= 11 is 0. The van der Waals surface area contributed by atoms with Gasteiger partial charge in [-0.3, -0.25) is 19.2 Å². The Balaban J connectivity index is 0.000000250. The summed E-state index contributed by atoms with van der Waals surface area (Å²) in [5.41, 5.74) is 7.16. The van der Waals surface area contributed by atoms with E-state index in [1.165, 1.54) is 49.7 Å². The van der Waals surface area contributed by atoms with Gasteiger partial charge in [-0.2, -0.15) is 5.26 Å². The monoisotopic (exact) mass is 976 g/mol. The summed E-state index contributed by atoms with van der Waals surface area (Å²) in [5, 5.41) is 26.5. The van der Waals surface area contributed by atoms with E-state index in [0.29, 0.717) is 55.7 Å². The van der Waals surface area contributed by atoms with Crippen LogP contribution in [0.3, 0.4) is 0 Å². The number of unbranched alkanes of at least 4 members (excludes halogenated alkanes) is 4. The highest BCUT2D eigenvalue weighted by Gasteiger charge is 2.50. The Morgan fingerprint density at radius 2 is 0.889 bits per heavy atom. The largest absolute Gasteiger partial charge is 0.493 e. The van der Waals surface area contributed by atoms with E-state index in [2.05, 4.69) is 62.4 Å². The van der Waals surface area contributed by atoms with E-state index in [-0.39, 0.29) is 42.2 Å². The molecule has 3 fully saturated rings. The van der Waals surface area contributed by atoms with E-state index >= 15 is 0 Å². The van der Waals surface area contributed by atoms with Crippen molar-refractivity contribution in [3.8, 4) is 17.6 Å². The van der Waals surface area contributed by atoms with Gasteiger partial charge in [0.05, 0.1) is 24.8 Å². The number of ether oxygens (including phenoxy) is 2. The molecule has 0 saturated heterocycles. The van der Waals surface area contributed by atoms with E-state index < -0.39 is 11.9 Å². The van der Waals surface area contributed by atoms with E-state index in [9.17, 15) is 19.2 Å². The molecule has 0 heterocycles. The van der Waals surface area contributed by atoms with Crippen molar-refractivity contribution < 1.29 is 38.9 Å². The maximum atomic E-state index is 13.8. The average molecular weight is 976 g/mol. The molecule has 2 N–H and O–H groups in total. The number of carboxylic acid groups (broad SMARTS) is 2. The third-order valence-electron chi connectivity index (χ3n) is 14.6. The first-order valence-corrected chi connectivity index (χ1v) is 25.9. The quantitative estimate of drug-likeness (QED) is 0.0574. The lowest BCUT2D eigenvalue weighted by Gasteiger charge is -2.54. The van der Waals surface area contributed by atoms with Crippen LogP contribution in [0.1, 0.15) is 166 Å². The minimum atomic E-state index is -0.776. The van der Waals surface area contributed by atoms with E-state index in [4.69, 9.17) is 24.9 Å². The number of aliphatic carboxylic acids is 2. The second-order valence-corrected chi connectivity index (χ2v) is 20.1. The molecule has 0 radical (unpaired) electrons. The number of para-hydroxylation sites is 2. The van der Waals surface area contributed by atoms with Crippen molar-refractivity contribution in [1.29, 1.82) is 5.26 Å². The fourth-order valence-electron chi connectivity index (χ4n) is 10.2. The predicted octanol–water partition coefficient (Wildman–Crippen LogP) is 12.9. The lowest BCUT2D eigenvalue weighted by atomic mass is 9.50. The Hall–Kier alpha value is -6.93. The van der Waals surface area contributed by atoms with Crippen molar-refractivity contribution in [2.75, 3.05) is 13.2 Å². The van der Waals surface area contributed by atoms with Crippen molar-refractivity contribution in [2.24, 2.45) is 0 Å². The Morgan fingerprint density at radius 1 is 0.514 bits per heavy atom. The molecule has 2 amide bonds. The second-order valence-electron chi connectivity index (χ2n) is 20.1. The number of amides is 2. The zero-order chi connectivity index (χ0) is 51.5. The van der Waals surface area contributed by atoms with E-state index in [1.54, 1.807) is 29.2 Å². The Kier molecular flexibility index (Phi) is 20.0. The normalized spacial score (nSPS) is 16.8. The van der Waals surface area contributed by atoms with Crippen molar-refractivity contribution in [2.45, 2.75) is 154 Å². The van der Waals surface area contributed by atoms with Gasteiger partial charge in [0.25, 0.3) is 11.8 Å². The van der Waals surface area contributed by atoms with E-state index in [0.717, 1.165) is 53.9 Å². The predicted molar refractivity (Wildman–Crippen MR) is 281 cm³/mol. The van der Waals surface area contributed by atoms with Gasteiger partial charge < -0.3 is 29.5 Å².